The summed E-state index contributed by atoms with van der Waals surface area (Å²) in [6.45, 7) is 2.69. The van der Waals surface area contributed by atoms with Crippen molar-refractivity contribution in [3.8, 4) is 0 Å². The van der Waals surface area contributed by atoms with Crippen molar-refractivity contribution < 1.29 is 47.5 Å². The molecule has 0 aromatic heterocycles. The fourth-order valence-electron chi connectivity index (χ4n) is 5.34. The van der Waals surface area contributed by atoms with Crippen LogP contribution in [-0.4, -0.2) is 59.9 Å². The quantitative estimate of drug-likeness (QED) is 0.0233. The van der Waals surface area contributed by atoms with Crippen LogP contribution >= 0.6 is 7.82 Å². The van der Waals surface area contributed by atoms with Crippen molar-refractivity contribution >= 4 is 25.7 Å². The van der Waals surface area contributed by atoms with Crippen molar-refractivity contribution in [1.82, 2.24) is 0 Å². The molecule has 0 amide bonds. The molecule has 0 radical (unpaired) electrons. The first-order chi connectivity index (χ1) is 27.1. The molecule has 0 aliphatic heterocycles. The zero-order chi connectivity index (χ0) is 41.4. The summed E-state index contributed by atoms with van der Waals surface area (Å²) >= 11 is 0. The Kier molecular flexibility index (Phi) is 37.1. The van der Waals surface area contributed by atoms with Gasteiger partial charge in [-0.3, -0.25) is 23.4 Å². The summed E-state index contributed by atoms with van der Waals surface area (Å²) in [5, 5.41) is 8.88. The molecule has 3 unspecified atom stereocenters. The number of esters is 2. The third-order valence-corrected chi connectivity index (χ3v) is 9.69. The van der Waals surface area contributed by atoms with Gasteiger partial charge in [-0.1, -0.05) is 139 Å². The van der Waals surface area contributed by atoms with Gasteiger partial charge < -0.3 is 25.2 Å². The molecule has 322 valence electrons. The highest BCUT2D eigenvalue weighted by atomic mass is 31.2. The number of carboxylic acids is 1. The minimum absolute atomic E-state index is 0.0815. The van der Waals surface area contributed by atoms with Gasteiger partial charge in [0.2, 0.25) is 0 Å². The van der Waals surface area contributed by atoms with Gasteiger partial charge in [-0.2, -0.15) is 0 Å². The lowest BCUT2D eigenvalue weighted by Crippen LogP contribution is -2.34. The fourth-order valence-corrected chi connectivity index (χ4v) is 6.12. The van der Waals surface area contributed by atoms with E-state index in [2.05, 4.69) is 67.0 Å². The Morgan fingerprint density at radius 1 is 0.554 bits per heavy atom. The molecule has 11 nitrogen and oxygen atoms in total. The van der Waals surface area contributed by atoms with Crippen molar-refractivity contribution in [3.63, 3.8) is 0 Å². The molecule has 0 saturated carbocycles. The Morgan fingerprint density at radius 2 is 0.964 bits per heavy atom. The number of carbonyl (C=O) groups excluding carboxylic acids is 2. The SMILES string of the molecule is CCCCC/C=C\C/C=C\C/C=C\C/C=C\CCCC(=O)OC(COC(=O)CCCCCCC/C=C\CCCCCCCC)COP(=O)(O)OCC(N)C(=O)O. The fraction of sp³-hybridized carbons (Fsp3) is 0.705. The average molecular weight is 810 g/mol. The number of rotatable bonds is 39. The minimum Gasteiger partial charge on any atom is -0.480 e. The van der Waals surface area contributed by atoms with Crippen molar-refractivity contribution in [1.29, 1.82) is 0 Å². The van der Waals surface area contributed by atoms with E-state index in [-0.39, 0.29) is 19.4 Å². The summed E-state index contributed by atoms with van der Waals surface area (Å²) in [5.41, 5.74) is 5.32. The number of ether oxygens (including phenoxy) is 2. The summed E-state index contributed by atoms with van der Waals surface area (Å²) < 4.78 is 32.6. The molecule has 0 bridgehead atoms. The number of phosphoric ester groups is 1. The predicted molar refractivity (Wildman–Crippen MR) is 226 cm³/mol. The molecule has 0 aromatic rings. The Labute approximate surface area is 338 Å². The van der Waals surface area contributed by atoms with E-state index in [0.29, 0.717) is 19.3 Å². The van der Waals surface area contributed by atoms with E-state index in [4.69, 9.17) is 24.8 Å². The number of allylic oxidation sites excluding steroid dienone is 10. The van der Waals surface area contributed by atoms with Crippen LogP contribution in [0.25, 0.3) is 0 Å². The Balaban J connectivity index is 4.50. The molecular formula is C44H76NO10P. The van der Waals surface area contributed by atoms with Crippen LogP contribution in [0.1, 0.15) is 168 Å². The van der Waals surface area contributed by atoms with Gasteiger partial charge >= 0.3 is 25.7 Å². The van der Waals surface area contributed by atoms with Crippen LogP contribution < -0.4 is 5.73 Å². The number of unbranched alkanes of at least 4 members (excludes halogenated alkanes) is 15. The molecule has 56 heavy (non-hydrogen) atoms. The lowest BCUT2D eigenvalue weighted by atomic mass is 10.1. The van der Waals surface area contributed by atoms with Gasteiger partial charge in [0.1, 0.15) is 12.6 Å². The number of carbonyl (C=O) groups is 3. The normalized spacial score (nSPS) is 14.4. The molecule has 0 aliphatic carbocycles. The highest BCUT2D eigenvalue weighted by molar-refractivity contribution is 7.47. The summed E-state index contributed by atoms with van der Waals surface area (Å²) in [7, 11) is -4.73. The standard InChI is InChI=1S/C44H76NO10P/c1-3-5-7-9-11-13-15-17-19-20-22-24-26-28-30-32-34-36-43(47)55-40(38-53-56(50,51)54-39-41(45)44(48)49)37-52-42(46)35-33-31-29-27-25-23-21-18-16-14-12-10-8-6-4-2/h11,13,17-19,21-22,24,28,30,40-41H,3-10,12,14-16,20,23,25-27,29,31-39,45H2,1-2H3,(H,48,49)(H,50,51)/b13-11-,19-17-,21-18-,24-22-,30-28-. The van der Waals surface area contributed by atoms with E-state index in [0.717, 1.165) is 64.2 Å². The van der Waals surface area contributed by atoms with E-state index >= 15 is 0 Å². The van der Waals surface area contributed by atoms with Crippen LogP contribution in [0.15, 0.2) is 60.8 Å². The molecule has 0 aromatic carbocycles. The molecule has 0 heterocycles. The summed E-state index contributed by atoms with van der Waals surface area (Å²) in [6, 6.07) is -1.53. The Morgan fingerprint density at radius 3 is 1.52 bits per heavy atom. The van der Waals surface area contributed by atoms with E-state index in [1.807, 2.05) is 12.2 Å². The van der Waals surface area contributed by atoms with Gasteiger partial charge in [0, 0.05) is 12.8 Å². The van der Waals surface area contributed by atoms with Gasteiger partial charge in [0.15, 0.2) is 6.10 Å². The summed E-state index contributed by atoms with van der Waals surface area (Å²) in [5.74, 6) is -2.47. The molecule has 0 fully saturated rings. The Hall–Kier alpha value is -2.82. The van der Waals surface area contributed by atoms with Crippen LogP contribution in [-0.2, 0) is 37.5 Å². The van der Waals surface area contributed by atoms with Crippen molar-refractivity contribution in [3.05, 3.63) is 60.8 Å². The number of phosphoric acid groups is 1. The average Bonchev–Trinajstić information content (AvgIpc) is 3.17. The zero-order valence-electron chi connectivity index (χ0n) is 34.7. The van der Waals surface area contributed by atoms with E-state index < -0.39 is 51.1 Å². The largest absolute Gasteiger partial charge is 0.480 e. The minimum atomic E-state index is -4.73. The Bertz CT molecular complexity index is 1180. The second kappa shape index (κ2) is 39.0. The molecule has 12 heteroatoms. The monoisotopic (exact) mass is 810 g/mol. The van der Waals surface area contributed by atoms with Crippen LogP contribution in [0.5, 0.6) is 0 Å². The van der Waals surface area contributed by atoms with Crippen molar-refractivity contribution in [2.75, 3.05) is 19.8 Å². The van der Waals surface area contributed by atoms with Crippen LogP contribution in [0.3, 0.4) is 0 Å². The first-order valence-electron chi connectivity index (χ1n) is 21.3. The number of hydrogen-bond acceptors (Lipinski definition) is 9. The third-order valence-electron chi connectivity index (χ3n) is 8.74. The molecule has 0 aliphatic rings. The molecule has 0 saturated heterocycles. The molecule has 0 rings (SSSR count). The van der Waals surface area contributed by atoms with Gasteiger partial charge in [-0.15, -0.1) is 0 Å². The summed E-state index contributed by atoms with van der Waals surface area (Å²) in [4.78, 5) is 45.9. The van der Waals surface area contributed by atoms with E-state index in [1.165, 1.54) is 57.8 Å². The maximum absolute atomic E-state index is 12.6. The van der Waals surface area contributed by atoms with E-state index in [1.54, 1.807) is 0 Å². The van der Waals surface area contributed by atoms with Crippen LogP contribution in [0.4, 0.5) is 0 Å². The molecular weight excluding hydrogens is 733 g/mol. The maximum atomic E-state index is 12.6. The van der Waals surface area contributed by atoms with Gasteiger partial charge in [0.25, 0.3) is 0 Å². The second-order valence-electron chi connectivity index (χ2n) is 14.1. The van der Waals surface area contributed by atoms with E-state index in [9.17, 15) is 23.8 Å². The second-order valence-corrected chi connectivity index (χ2v) is 15.6. The number of nitrogens with two attached hydrogens (primary N) is 1. The predicted octanol–water partition coefficient (Wildman–Crippen LogP) is 11.2. The van der Waals surface area contributed by atoms with Crippen LogP contribution in [0, 0.1) is 0 Å². The lowest BCUT2D eigenvalue weighted by molar-refractivity contribution is -0.161. The number of aliphatic carboxylic acids is 1. The van der Waals surface area contributed by atoms with Crippen molar-refractivity contribution in [2.24, 2.45) is 5.73 Å². The van der Waals surface area contributed by atoms with Gasteiger partial charge in [-0.25, -0.2) is 4.57 Å². The summed E-state index contributed by atoms with van der Waals surface area (Å²) in [6.07, 6.45) is 44.3. The molecule has 4 N–H and O–H groups in total. The smallest absolute Gasteiger partial charge is 0.472 e. The first kappa shape index (κ1) is 53.2. The number of carboxylic acid groups (broad SMARTS) is 1. The van der Waals surface area contributed by atoms with Crippen LogP contribution in [0.2, 0.25) is 0 Å². The van der Waals surface area contributed by atoms with Gasteiger partial charge in [0.05, 0.1) is 13.2 Å². The highest BCUT2D eigenvalue weighted by Crippen LogP contribution is 2.43. The lowest BCUT2D eigenvalue weighted by Gasteiger charge is -2.20. The first-order valence-corrected chi connectivity index (χ1v) is 22.8. The third kappa shape index (κ3) is 38.1. The van der Waals surface area contributed by atoms with Crippen molar-refractivity contribution in [2.45, 2.75) is 180 Å². The molecule has 3 atom stereocenters. The topological polar surface area (TPSA) is 172 Å². The highest BCUT2D eigenvalue weighted by Gasteiger charge is 2.28. The maximum Gasteiger partial charge on any atom is 0.472 e. The van der Waals surface area contributed by atoms with Gasteiger partial charge in [-0.05, 0) is 77.0 Å². The molecule has 0 spiro atoms. The number of hydrogen-bond donors (Lipinski definition) is 3. The zero-order valence-corrected chi connectivity index (χ0v) is 35.6.